The van der Waals surface area contributed by atoms with Gasteiger partial charge in [-0.25, -0.2) is 4.98 Å². The molecule has 1 aliphatic heterocycles. The highest BCUT2D eigenvalue weighted by Crippen LogP contribution is 2.21. The largest absolute Gasteiger partial charge is 0.363 e. The average molecular weight is 283 g/mol. The molecule has 0 radical (unpaired) electrons. The van der Waals surface area contributed by atoms with E-state index in [1.54, 1.807) is 30.3 Å². The molecule has 19 heavy (non-hydrogen) atoms. The van der Waals surface area contributed by atoms with E-state index >= 15 is 0 Å². The Morgan fingerprint density at radius 3 is 2.95 bits per heavy atom. The molecule has 5 nitrogen and oxygen atoms in total. The lowest BCUT2D eigenvalue weighted by molar-refractivity contribution is -0.165. The number of amides is 1. The first-order valence-corrected chi connectivity index (χ1v) is 7.28. The van der Waals surface area contributed by atoms with Crippen molar-refractivity contribution in [2.24, 2.45) is 0 Å². The second-order valence-electron chi connectivity index (χ2n) is 5.35. The van der Waals surface area contributed by atoms with E-state index in [1.807, 2.05) is 13.8 Å². The van der Waals surface area contributed by atoms with Crippen LogP contribution in [0.3, 0.4) is 0 Å². The molecule has 6 heteroatoms. The zero-order valence-corrected chi connectivity index (χ0v) is 12.8. The van der Waals surface area contributed by atoms with Crippen molar-refractivity contribution in [3.05, 3.63) is 16.1 Å². The Kier molecular flexibility index (Phi) is 4.23. The van der Waals surface area contributed by atoms with Gasteiger partial charge in [0.2, 0.25) is 0 Å². The molecule has 2 rings (SSSR count). The van der Waals surface area contributed by atoms with E-state index in [9.17, 15) is 4.79 Å². The Balaban J connectivity index is 2.02. The van der Waals surface area contributed by atoms with Crippen molar-refractivity contribution < 1.29 is 9.53 Å². The van der Waals surface area contributed by atoms with Gasteiger partial charge in [-0.1, -0.05) is 0 Å². The molecule has 0 bridgehead atoms. The van der Waals surface area contributed by atoms with Gasteiger partial charge in [-0.2, -0.15) is 0 Å². The van der Waals surface area contributed by atoms with Crippen LogP contribution in [0.5, 0.6) is 0 Å². The van der Waals surface area contributed by atoms with E-state index in [4.69, 9.17) is 4.74 Å². The Morgan fingerprint density at radius 1 is 1.63 bits per heavy atom. The second kappa shape index (κ2) is 5.56. The number of morpholine rings is 1. The number of aryl methyl sites for hydroxylation is 1. The summed E-state index contributed by atoms with van der Waals surface area (Å²) >= 11 is 1.66. The number of aromatic nitrogens is 1. The molecule has 2 heterocycles. The van der Waals surface area contributed by atoms with Gasteiger partial charge < -0.3 is 9.64 Å². The summed E-state index contributed by atoms with van der Waals surface area (Å²) in [5.74, 6) is 0.0201. The van der Waals surface area contributed by atoms with Crippen LogP contribution in [0.2, 0.25) is 0 Å². The van der Waals surface area contributed by atoms with E-state index in [0.717, 1.165) is 23.8 Å². The maximum absolute atomic E-state index is 12.2. The third-order valence-corrected chi connectivity index (χ3v) is 4.09. The van der Waals surface area contributed by atoms with Crippen LogP contribution >= 0.6 is 11.3 Å². The lowest BCUT2D eigenvalue weighted by atomic mass is 10.0. The van der Waals surface area contributed by atoms with Crippen molar-refractivity contribution in [3.63, 3.8) is 0 Å². The van der Waals surface area contributed by atoms with Gasteiger partial charge in [0.15, 0.2) is 5.60 Å². The summed E-state index contributed by atoms with van der Waals surface area (Å²) in [5.41, 5.74) is 0.330. The van der Waals surface area contributed by atoms with Gasteiger partial charge in [-0.3, -0.25) is 9.69 Å². The van der Waals surface area contributed by atoms with Crippen molar-refractivity contribution in [1.29, 1.82) is 0 Å². The van der Waals surface area contributed by atoms with E-state index < -0.39 is 5.60 Å². The Hall–Kier alpha value is -0.980. The molecule has 1 atom stereocenters. The summed E-state index contributed by atoms with van der Waals surface area (Å²) in [4.78, 5) is 20.5. The molecule has 1 aromatic rings. The number of hydrogen-bond donors (Lipinski definition) is 0. The van der Waals surface area contributed by atoms with Gasteiger partial charge >= 0.3 is 0 Å². The van der Waals surface area contributed by atoms with Crippen LogP contribution in [0, 0.1) is 6.92 Å². The number of carbonyl (C=O) groups excluding carboxylic acids is 1. The predicted molar refractivity (Wildman–Crippen MR) is 75.2 cm³/mol. The van der Waals surface area contributed by atoms with Crippen LogP contribution in [0.15, 0.2) is 5.38 Å². The van der Waals surface area contributed by atoms with Crippen molar-refractivity contribution in [2.45, 2.75) is 26.0 Å². The fraction of sp³-hybridized carbons (Fsp3) is 0.692. The van der Waals surface area contributed by atoms with E-state index in [2.05, 4.69) is 15.3 Å². The van der Waals surface area contributed by atoms with Crippen LogP contribution in [-0.4, -0.2) is 60.1 Å². The van der Waals surface area contributed by atoms with Crippen molar-refractivity contribution >= 4 is 17.2 Å². The molecule has 106 valence electrons. The lowest BCUT2D eigenvalue weighted by Gasteiger charge is -2.40. The number of likely N-dealkylation sites (N-methyl/N-ethyl adjacent to an activating group) is 1. The third kappa shape index (κ3) is 3.32. The summed E-state index contributed by atoms with van der Waals surface area (Å²) < 4.78 is 5.71. The topological polar surface area (TPSA) is 45.7 Å². The maximum atomic E-state index is 12.2. The van der Waals surface area contributed by atoms with Crippen molar-refractivity contribution in [1.82, 2.24) is 14.8 Å². The number of thiazole rings is 1. The van der Waals surface area contributed by atoms with Gasteiger partial charge in [0.1, 0.15) is 0 Å². The first-order chi connectivity index (χ1) is 8.90. The highest BCUT2D eigenvalue weighted by molar-refractivity contribution is 7.09. The van der Waals surface area contributed by atoms with Crippen LogP contribution in [0.25, 0.3) is 0 Å². The molecule has 0 unspecified atom stereocenters. The van der Waals surface area contributed by atoms with E-state index in [-0.39, 0.29) is 5.91 Å². The van der Waals surface area contributed by atoms with Gasteiger partial charge in [-0.15, -0.1) is 11.3 Å². The average Bonchev–Trinajstić information content (AvgIpc) is 2.73. The molecular weight excluding hydrogens is 262 g/mol. The highest BCUT2D eigenvalue weighted by Gasteiger charge is 2.40. The number of hydrogen-bond acceptors (Lipinski definition) is 5. The summed E-state index contributed by atoms with van der Waals surface area (Å²) in [5, 5.41) is 3.16. The highest BCUT2D eigenvalue weighted by atomic mass is 32.1. The van der Waals surface area contributed by atoms with Crippen LogP contribution in [0.1, 0.15) is 17.6 Å². The Morgan fingerprint density at radius 2 is 2.37 bits per heavy atom. The normalized spacial score (nSPS) is 24.4. The number of ether oxygens (including phenoxy) is 1. The monoisotopic (exact) mass is 283 g/mol. The number of nitrogens with zero attached hydrogens (tertiary/aromatic N) is 3. The molecule has 0 aliphatic carbocycles. The first kappa shape index (κ1) is 14.4. The fourth-order valence-electron chi connectivity index (χ4n) is 2.40. The summed E-state index contributed by atoms with van der Waals surface area (Å²) in [6, 6.07) is 0. The SMILES string of the molecule is Cc1nc(CN2CCO[C@](C)(C(=O)N(C)C)C2)cs1. The molecule has 1 fully saturated rings. The minimum absolute atomic E-state index is 0.0201. The predicted octanol–water partition coefficient (Wildman–Crippen LogP) is 1.13. The minimum atomic E-state index is -0.743. The third-order valence-electron chi connectivity index (χ3n) is 3.26. The molecular formula is C13H21N3O2S. The molecule has 0 N–H and O–H groups in total. The maximum Gasteiger partial charge on any atom is 0.255 e. The number of rotatable bonds is 3. The Bertz CT molecular complexity index is 460. The molecule has 0 saturated carbocycles. The molecule has 1 aliphatic rings. The summed E-state index contributed by atoms with van der Waals surface area (Å²) in [7, 11) is 3.53. The van der Waals surface area contributed by atoms with E-state index in [1.165, 1.54) is 0 Å². The molecule has 1 aromatic heterocycles. The standard InChI is InChI=1S/C13H21N3O2S/c1-10-14-11(8-19-10)7-16-5-6-18-13(2,9-16)12(17)15(3)4/h8H,5-7,9H2,1-4H3/t13-/m0/s1. The van der Waals surface area contributed by atoms with Crippen LogP contribution in [-0.2, 0) is 16.1 Å². The molecule has 0 aromatic carbocycles. The Labute approximate surface area is 118 Å². The van der Waals surface area contributed by atoms with Crippen molar-refractivity contribution in [3.8, 4) is 0 Å². The minimum Gasteiger partial charge on any atom is -0.363 e. The van der Waals surface area contributed by atoms with Gasteiger partial charge in [0.05, 0.1) is 17.3 Å². The quantitative estimate of drug-likeness (QED) is 0.834. The fourth-order valence-corrected chi connectivity index (χ4v) is 3.00. The van der Waals surface area contributed by atoms with Gasteiger partial charge in [0, 0.05) is 39.1 Å². The summed E-state index contributed by atoms with van der Waals surface area (Å²) in [6.07, 6.45) is 0. The van der Waals surface area contributed by atoms with Gasteiger partial charge in [0.25, 0.3) is 5.91 Å². The van der Waals surface area contributed by atoms with Crippen LogP contribution < -0.4 is 0 Å². The molecule has 0 spiro atoms. The first-order valence-electron chi connectivity index (χ1n) is 6.40. The molecule has 1 amide bonds. The smallest absolute Gasteiger partial charge is 0.255 e. The second-order valence-corrected chi connectivity index (χ2v) is 6.41. The van der Waals surface area contributed by atoms with E-state index in [0.29, 0.717) is 13.2 Å². The van der Waals surface area contributed by atoms with Gasteiger partial charge in [-0.05, 0) is 13.8 Å². The zero-order valence-electron chi connectivity index (χ0n) is 12.0. The molecule has 1 saturated heterocycles. The summed E-state index contributed by atoms with van der Waals surface area (Å²) in [6.45, 7) is 6.69. The zero-order chi connectivity index (χ0) is 14.0. The van der Waals surface area contributed by atoms with Crippen molar-refractivity contribution in [2.75, 3.05) is 33.8 Å². The number of carbonyl (C=O) groups is 1. The van der Waals surface area contributed by atoms with Crippen LogP contribution in [0.4, 0.5) is 0 Å². The lowest BCUT2D eigenvalue weighted by Crippen LogP contribution is -2.57.